The average Bonchev–Trinajstić information content (AvgIpc) is 2.61. The number of rotatable bonds is 4. The molecule has 0 unspecified atom stereocenters. The van der Waals surface area contributed by atoms with E-state index >= 15 is 0 Å². The topological polar surface area (TPSA) is 70.5 Å². The van der Waals surface area contributed by atoms with Crippen LogP contribution in [0.15, 0.2) is 35.6 Å². The van der Waals surface area contributed by atoms with Gasteiger partial charge in [-0.3, -0.25) is 9.80 Å². The molecule has 27 heavy (non-hydrogen) atoms. The lowest BCUT2D eigenvalue weighted by molar-refractivity contribution is -0.124. The summed E-state index contributed by atoms with van der Waals surface area (Å²) < 4.78 is 41.3. The molecule has 1 aliphatic heterocycles. The third kappa shape index (κ3) is 4.42. The summed E-state index contributed by atoms with van der Waals surface area (Å²) in [6.45, 7) is 3.60. The molecule has 2 aromatic rings. The Labute approximate surface area is 154 Å². The van der Waals surface area contributed by atoms with Gasteiger partial charge in [0.25, 0.3) is 5.92 Å². The maximum Gasteiger partial charge on any atom is 0.271 e. The van der Waals surface area contributed by atoms with E-state index in [-0.39, 0.29) is 23.8 Å². The van der Waals surface area contributed by atoms with Gasteiger partial charge < -0.3 is 5.32 Å². The van der Waals surface area contributed by atoms with Crippen molar-refractivity contribution in [2.75, 3.05) is 19.6 Å². The highest BCUT2D eigenvalue weighted by molar-refractivity contribution is 5.97. The molecule has 2 heterocycles. The van der Waals surface area contributed by atoms with Gasteiger partial charge in [0, 0.05) is 30.8 Å². The van der Waals surface area contributed by atoms with Gasteiger partial charge in [0.2, 0.25) is 5.91 Å². The number of nitrogens with one attached hydrogen (secondary N) is 1. The highest BCUT2D eigenvalue weighted by atomic mass is 19.3. The van der Waals surface area contributed by atoms with Crippen molar-refractivity contribution in [1.82, 2.24) is 20.3 Å². The smallest absolute Gasteiger partial charge is 0.271 e. The van der Waals surface area contributed by atoms with Crippen LogP contribution in [0.25, 0.3) is 11.4 Å². The highest BCUT2D eigenvalue weighted by Crippen LogP contribution is 2.34. The summed E-state index contributed by atoms with van der Waals surface area (Å²) in [5, 5.41) is 8.68. The molecule has 1 aromatic carbocycles. The molecule has 142 valence electrons. The monoisotopic (exact) mass is 377 g/mol. The van der Waals surface area contributed by atoms with Crippen molar-refractivity contribution in [1.29, 1.82) is 0 Å². The number of hydrogen-bond acceptors (Lipinski definition) is 5. The second-order valence-electron chi connectivity index (χ2n) is 6.27. The maximum absolute atomic E-state index is 13.9. The summed E-state index contributed by atoms with van der Waals surface area (Å²) in [5.41, 5.74) is 0.513. The molecule has 0 bridgehead atoms. The molecule has 0 aliphatic carbocycles. The van der Waals surface area contributed by atoms with Gasteiger partial charge in [-0.2, -0.15) is 5.10 Å². The standard InChI is InChI=1S/C18H18F3N5O/c1-11(25-26-8-7-22-16(27)10-26)15-5-6-23-17(24-15)13-4-3-12(19)9-14(13)18(2,20)21/h3-6,9H,7-8,10H2,1-2H3,(H,22,27)/b25-11+. The van der Waals surface area contributed by atoms with Crippen LogP contribution in [0.4, 0.5) is 13.2 Å². The Morgan fingerprint density at radius 2 is 2.11 bits per heavy atom. The van der Waals surface area contributed by atoms with Gasteiger partial charge in [-0.15, -0.1) is 0 Å². The summed E-state index contributed by atoms with van der Waals surface area (Å²) in [7, 11) is 0. The Hall–Kier alpha value is -2.97. The molecule has 0 radical (unpaired) electrons. The van der Waals surface area contributed by atoms with Crippen molar-refractivity contribution >= 4 is 11.6 Å². The summed E-state index contributed by atoms with van der Waals surface area (Å²) in [5.74, 6) is -4.08. The van der Waals surface area contributed by atoms with Gasteiger partial charge in [-0.05, 0) is 31.2 Å². The number of benzene rings is 1. The van der Waals surface area contributed by atoms with Crippen LogP contribution in [-0.2, 0) is 10.7 Å². The van der Waals surface area contributed by atoms with Gasteiger partial charge in [-0.25, -0.2) is 23.1 Å². The van der Waals surface area contributed by atoms with Crippen LogP contribution in [0.1, 0.15) is 25.1 Å². The number of carbonyl (C=O) groups is 1. The fourth-order valence-corrected chi connectivity index (χ4v) is 2.74. The second-order valence-corrected chi connectivity index (χ2v) is 6.27. The first-order valence-electron chi connectivity index (χ1n) is 8.32. The van der Waals surface area contributed by atoms with E-state index in [0.717, 1.165) is 12.1 Å². The molecule has 0 spiro atoms. The SMILES string of the molecule is C/C(=N\N1CCNC(=O)C1)c1ccnc(-c2ccc(F)cc2C(C)(F)F)n1. The molecule has 1 aromatic heterocycles. The Kier molecular flexibility index (Phi) is 5.11. The summed E-state index contributed by atoms with van der Waals surface area (Å²) in [4.78, 5) is 19.8. The minimum absolute atomic E-state index is 0.0509. The van der Waals surface area contributed by atoms with Gasteiger partial charge in [0.1, 0.15) is 12.4 Å². The average molecular weight is 377 g/mol. The number of nitrogens with zero attached hydrogens (tertiary/aromatic N) is 4. The number of hydrazone groups is 1. The fourth-order valence-electron chi connectivity index (χ4n) is 2.74. The zero-order valence-electron chi connectivity index (χ0n) is 14.8. The number of aromatic nitrogens is 2. The number of hydrogen-bond donors (Lipinski definition) is 1. The Balaban J connectivity index is 1.96. The number of piperazine rings is 1. The molecule has 1 amide bonds. The van der Waals surface area contributed by atoms with E-state index in [1.54, 1.807) is 18.0 Å². The van der Waals surface area contributed by atoms with Crippen molar-refractivity contribution in [2.24, 2.45) is 5.10 Å². The number of halogens is 3. The molecule has 1 aliphatic rings. The van der Waals surface area contributed by atoms with Crippen molar-refractivity contribution in [2.45, 2.75) is 19.8 Å². The van der Waals surface area contributed by atoms with E-state index in [9.17, 15) is 18.0 Å². The third-order valence-corrected chi connectivity index (χ3v) is 4.03. The summed E-state index contributed by atoms with van der Waals surface area (Å²) in [6.07, 6.45) is 1.43. The van der Waals surface area contributed by atoms with Crippen LogP contribution >= 0.6 is 0 Å². The fraction of sp³-hybridized carbons (Fsp3) is 0.333. The normalized spacial score (nSPS) is 15.7. The molecule has 0 atom stereocenters. The summed E-state index contributed by atoms with van der Waals surface area (Å²) in [6, 6.07) is 4.72. The minimum atomic E-state index is -3.25. The molecule has 6 nitrogen and oxygen atoms in total. The van der Waals surface area contributed by atoms with Gasteiger partial charge in [0.15, 0.2) is 5.82 Å². The van der Waals surface area contributed by atoms with Crippen molar-refractivity contribution in [3.05, 3.63) is 47.5 Å². The van der Waals surface area contributed by atoms with E-state index in [0.29, 0.717) is 31.4 Å². The number of alkyl halides is 2. The van der Waals surface area contributed by atoms with Crippen LogP contribution in [0.3, 0.4) is 0 Å². The van der Waals surface area contributed by atoms with Gasteiger partial charge >= 0.3 is 0 Å². The van der Waals surface area contributed by atoms with Crippen molar-refractivity contribution in [3.8, 4) is 11.4 Å². The zero-order valence-corrected chi connectivity index (χ0v) is 14.8. The molecule has 3 rings (SSSR count). The van der Waals surface area contributed by atoms with Gasteiger partial charge in [-0.1, -0.05) is 0 Å². The van der Waals surface area contributed by atoms with Crippen LogP contribution in [0.5, 0.6) is 0 Å². The van der Waals surface area contributed by atoms with Crippen LogP contribution in [0.2, 0.25) is 0 Å². The van der Waals surface area contributed by atoms with Gasteiger partial charge in [0.05, 0.1) is 18.0 Å². The molecule has 1 fully saturated rings. The van der Waals surface area contributed by atoms with E-state index in [2.05, 4.69) is 20.4 Å². The predicted molar refractivity (Wildman–Crippen MR) is 93.8 cm³/mol. The Bertz CT molecular complexity index is 895. The summed E-state index contributed by atoms with van der Waals surface area (Å²) >= 11 is 0. The van der Waals surface area contributed by atoms with Crippen LogP contribution in [0, 0.1) is 5.82 Å². The Morgan fingerprint density at radius 1 is 1.33 bits per heavy atom. The molecule has 9 heteroatoms. The van der Waals surface area contributed by atoms with E-state index in [4.69, 9.17) is 0 Å². The molecule has 1 N–H and O–H groups in total. The number of carbonyl (C=O) groups excluding carboxylic acids is 1. The lowest BCUT2D eigenvalue weighted by Gasteiger charge is -2.24. The molecule has 1 saturated heterocycles. The first kappa shape index (κ1) is 18.8. The largest absolute Gasteiger partial charge is 0.353 e. The van der Waals surface area contributed by atoms with E-state index < -0.39 is 17.3 Å². The lowest BCUT2D eigenvalue weighted by Crippen LogP contribution is -2.45. The van der Waals surface area contributed by atoms with Crippen molar-refractivity contribution < 1.29 is 18.0 Å². The maximum atomic E-state index is 13.9. The number of amides is 1. The lowest BCUT2D eigenvalue weighted by atomic mass is 10.0. The van der Waals surface area contributed by atoms with Crippen LogP contribution < -0.4 is 5.32 Å². The van der Waals surface area contributed by atoms with E-state index in [1.165, 1.54) is 12.3 Å². The molecular formula is C18H18F3N5O. The molecule has 0 saturated carbocycles. The van der Waals surface area contributed by atoms with E-state index in [1.807, 2.05) is 0 Å². The first-order chi connectivity index (χ1) is 12.7. The first-order valence-corrected chi connectivity index (χ1v) is 8.32. The minimum Gasteiger partial charge on any atom is -0.353 e. The zero-order chi connectivity index (χ0) is 19.6. The quantitative estimate of drug-likeness (QED) is 0.832. The third-order valence-electron chi connectivity index (χ3n) is 4.03. The predicted octanol–water partition coefficient (Wildman–Crippen LogP) is 2.55. The highest BCUT2D eigenvalue weighted by Gasteiger charge is 2.29. The van der Waals surface area contributed by atoms with Crippen molar-refractivity contribution in [3.63, 3.8) is 0 Å². The van der Waals surface area contributed by atoms with Crippen LogP contribution in [-0.4, -0.2) is 46.2 Å². The molecular weight excluding hydrogens is 359 g/mol. The Morgan fingerprint density at radius 3 is 2.81 bits per heavy atom. The second kappa shape index (κ2) is 7.34.